The lowest BCUT2D eigenvalue weighted by Gasteiger charge is -2.44. The Hall–Kier alpha value is 0.630. The molecule has 12 heavy (non-hydrogen) atoms. The SMILES string of the molecule is CC1(C)SCC1NC/C(Cl)=C/Cl. The minimum absolute atomic E-state index is 0.351. The van der Waals surface area contributed by atoms with E-state index in [2.05, 4.69) is 19.2 Å². The Balaban J connectivity index is 2.25. The van der Waals surface area contributed by atoms with Crippen LogP contribution in [-0.2, 0) is 0 Å². The van der Waals surface area contributed by atoms with E-state index in [-0.39, 0.29) is 0 Å². The van der Waals surface area contributed by atoms with E-state index in [1.807, 2.05) is 11.8 Å². The van der Waals surface area contributed by atoms with E-state index in [0.29, 0.717) is 22.4 Å². The molecule has 0 saturated carbocycles. The Kier molecular flexibility index (Phi) is 3.77. The molecule has 0 spiro atoms. The van der Waals surface area contributed by atoms with Crippen molar-refractivity contribution in [1.29, 1.82) is 0 Å². The van der Waals surface area contributed by atoms with Crippen molar-refractivity contribution in [3.63, 3.8) is 0 Å². The minimum Gasteiger partial charge on any atom is -0.307 e. The minimum atomic E-state index is 0.351. The molecule has 0 aromatic heterocycles. The maximum Gasteiger partial charge on any atom is 0.0432 e. The molecular formula is C8H13Cl2NS. The van der Waals surface area contributed by atoms with Gasteiger partial charge in [0.25, 0.3) is 0 Å². The highest BCUT2D eigenvalue weighted by molar-refractivity contribution is 8.02. The average molecular weight is 226 g/mol. The Morgan fingerprint density at radius 2 is 2.42 bits per heavy atom. The van der Waals surface area contributed by atoms with Gasteiger partial charge in [-0.2, -0.15) is 11.8 Å². The average Bonchev–Trinajstić information content (AvgIpc) is 2.02. The van der Waals surface area contributed by atoms with Crippen molar-refractivity contribution in [2.45, 2.75) is 24.6 Å². The van der Waals surface area contributed by atoms with Gasteiger partial charge in [0.1, 0.15) is 0 Å². The Labute approximate surface area is 87.9 Å². The van der Waals surface area contributed by atoms with E-state index in [0.717, 1.165) is 0 Å². The highest BCUT2D eigenvalue weighted by atomic mass is 35.5. The van der Waals surface area contributed by atoms with Crippen molar-refractivity contribution < 1.29 is 0 Å². The van der Waals surface area contributed by atoms with Crippen LogP contribution in [-0.4, -0.2) is 23.1 Å². The summed E-state index contributed by atoms with van der Waals surface area (Å²) in [4.78, 5) is 0. The van der Waals surface area contributed by atoms with Crippen molar-refractivity contribution in [2.24, 2.45) is 0 Å². The van der Waals surface area contributed by atoms with Crippen LogP contribution in [0.15, 0.2) is 10.6 Å². The third-order valence-corrected chi connectivity index (χ3v) is 4.24. The highest BCUT2D eigenvalue weighted by Crippen LogP contribution is 2.39. The predicted octanol–water partition coefficient (Wildman–Crippen LogP) is 2.79. The lowest BCUT2D eigenvalue weighted by atomic mass is 10.0. The molecule has 0 radical (unpaired) electrons. The normalized spacial score (nSPS) is 28.3. The van der Waals surface area contributed by atoms with E-state index in [1.165, 1.54) is 11.3 Å². The fraction of sp³-hybridized carbons (Fsp3) is 0.750. The fourth-order valence-electron chi connectivity index (χ4n) is 1.06. The molecule has 4 heteroatoms. The zero-order valence-electron chi connectivity index (χ0n) is 7.23. The number of rotatable bonds is 3. The van der Waals surface area contributed by atoms with Crippen molar-refractivity contribution >= 4 is 35.0 Å². The van der Waals surface area contributed by atoms with Crippen molar-refractivity contribution in [1.82, 2.24) is 5.32 Å². The molecule has 1 N–H and O–H groups in total. The second kappa shape index (κ2) is 4.23. The van der Waals surface area contributed by atoms with Gasteiger partial charge < -0.3 is 5.32 Å². The van der Waals surface area contributed by atoms with Gasteiger partial charge in [0.15, 0.2) is 0 Å². The summed E-state index contributed by atoms with van der Waals surface area (Å²) >= 11 is 13.1. The van der Waals surface area contributed by atoms with Crippen LogP contribution >= 0.6 is 35.0 Å². The van der Waals surface area contributed by atoms with Crippen molar-refractivity contribution in [3.05, 3.63) is 10.6 Å². The zero-order valence-corrected chi connectivity index (χ0v) is 9.56. The number of nitrogens with one attached hydrogen (secondary N) is 1. The Bertz CT molecular complexity index is 191. The number of thioether (sulfide) groups is 1. The molecule has 0 amide bonds. The summed E-state index contributed by atoms with van der Waals surface area (Å²) in [6.45, 7) is 5.15. The lowest BCUT2D eigenvalue weighted by Crippen LogP contribution is -2.54. The van der Waals surface area contributed by atoms with Crippen LogP contribution < -0.4 is 5.32 Å². The molecule has 1 atom stereocenters. The molecule has 70 valence electrons. The van der Waals surface area contributed by atoms with Crippen LogP contribution in [0.1, 0.15) is 13.8 Å². The van der Waals surface area contributed by atoms with Crippen LogP contribution in [0, 0.1) is 0 Å². The zero-order chi connectivity index (χ0) is 9.19. The highest BCUT2D eigenvalue weighted by Gasteiger charge is 2.38. The number of hydrogen-bond acceptors (Lipinski definition) is 2. The van der Waals surface area contributed by atoms with Gasteiger partial charge in [0, 0.05) is 33.7 Å². The molecule has 1 nitrogen and oxygen atoms in total. The van der Waals surface area contributed by atoms with Crippen molar-refractivity contribution in [2.75, 3.05) is 12.3 Å². The number of halogens is 2. The summed E-state index contributed by atoms with van der Waals surface area (Å²) in [6, 6.07) is 0.563. The van der Waals surface area contributed by atoms with Gasteiger partial charge in [-0.25, -0.2) is 0 Å². The van der Waals surface area contributed by atoms with Crippen LogP contribution in [0.25, 0.3) is 0 Å². The van der Waals surface area contributed by atoms with E-state index in [4.69, 9.17) is 23.2 Å². The quantitative estimate of drug-likeness (QED) is 0.794. The molecule has 1 saturated heterocycles. The maximum atomic E-state index is 5.74. The Morgan fingerprint density at radius 1 is 1.75 bits per heavy atom. The molecule has 0 bridgehead atoms. The molecule has 1 rings (SSSR count). The number of hydrogen-bond donors (Lipinski definition) is 1. The van der Waals surface area contributed by atoms with Gasteiger partial charge in [-0.3, -0.25) is 0 Å². The lowest BCUT2D eigenvalue weighted by molar-refractivity contribution is 0.454. The molecule has 1 fully saturated rings. The molecule has 0 aromatic carbocycles. The first kappa shape index (κ1) is 10.7. The largest absolute Gasteiger partial charge is 0.307 e. The van der Waals surface area contributed by atoms with E-state index in [1.54, 1.807) is 0 Å². The van der Waals surface area contributed by atoms with Gasteiger partial charge in [-0.05, 0) is 13.8 Å². The van der Waals surface area contributed by atoms with E-state index >= 15 is 0 Å². The fourth-order valence-corrected chi connectivity index (χ4v) is 2.42. The summed E-state index contributed by atoms with van der Waals surface area (Å²) < 4.78 is 0.351. The van der Waals surface area contributed by atoms with Gasteiger partial charge >= 0.3 is 0 Å². The monoisotopic (exact) mass is 225 g/mol. The molecule has 1 aliphatic rings. The van der Waals surface area contributed by atoms with Gasteiger partial charge in [-0.1, -0.05) is 23.2 Å². The van der Waals surface area contributed by atoms with Crippen LogP contribution in [0.3, 0.4) is 0 Å². The van der Waals surface area contributed by atoms with Gasteiger partial charge in [0.2, 0.25) is 0 Å². The molecular weight excluding hydrogens is 213 g/mol. The Morgan fingerprint density at radius 3 is 2.75 bits per heavy atom. The van der Waals surface area contributed by atoms with E-state index in [9.17, 15) is 0 Å². The molecule has 0 aromatic rings. The standard InChI is InChI=1S/C8H13Cl2NS/c1-8(2)7(5-12-8)11-4-6(10)3-9/h3,7,11H,4-5H2,1-2H3/b6-3-. The molecule has 1 aliphatic heterocycles. The van der Waals surface area contributed by atoms with Crippen LogP contribution in [0.2, 0.25) is 0 Å². The first-order chi connectivity index (χ1) is 5.56. The molecule has 1 heterocycles. The molecule has 0 aliphatic carbocycles. The van der Waals surface area contributed by atoms with Crippen LogP contribution in [0.4, 0.5) is 0 Å². The van der Waals surface area contributed by atoms with Crippen molar-refractivity contribution in [3.8, 4) is 0 Å². The summed E-state index contributed by atoms with van der Waals surface area (Å²) in [7, 11) is 0. The topological polar surface area (TPSA) is 12.0 Å². The predicted molar refractivity (Wildman–Crippen MR) is 58.1 cm³/mol. The maximum absolute atomic E-state index is 5.74. The van der Waals surface area contributed by atoms with E-state index < -0.39 is 0 Å². The molecule has 1 unspecified atom stereocenters. The smallest absolute Gasteiger partial charge is 0.0432 e. The third-order valence-electron chi connectivity index (χ3n) is 2.10. The second-order valence-electron chi connectivity index (χ2n) is 3.40. The summed E-state index contributed by atoms with van der Waals surface area (Å²) in [5, 5.41) is 4.03. The first-order valence-corrected chi connectivity index (χ1v) is 5.68. The third kappa shape index (κ3) is 2.56. The van der Waals surface area contributed by atoms with Gasteiger partial charge in [-0.15, -0.1) is 0 Å². The summed E-state index contributed by atoms with van der Waals surface area (Å²) in [6.07, 6.45) is 0. The van der Waals surface area contributed by atoms with Gasteiger partial charge in [0.05, 0.1) is 0 Å². The summed E-state index contributed by atoms with van der Waals surface area (Å²) in [5.74, 6) is 1.17. The summed E-state index contributed by atoms with van der Waals surface area (Å²) in [5.41, 5.74) is 1.41. The second-order valence-corrected chi connectivity index (χ2v) is 5.78. The first-order valence-electron chi connectivity index (χ1n) is 3.88. The van der Waals surface area contributed by atoms with Crippen LogP contribution in [0.5, 0.6) is 0 Å².